The lowest BCUT2D eigenvalue weighted by molar-refractivity contribution is 0.0275. The second-order valence-corrected chi connectivity index (χ2v) is 2.63. The van der Waals surface area contributed by atoms with E-state index >= 15 is 0 Å². The molecule has 1 rings (SSSR count). The van der Waals surface area contributed by atoms with E-state index in [9.17, 15) is 18.4 Å². The minimum atomic E-state index is -1.30. The second-order valence-electron chi connectivity index (χ2n) is 2.63. The van der Waals surface area contributed by atoms with Gasteiger partial charge in [-0.05, 0) is 12.1 Å². The van der Waals surface area contributed by atoms with Crippen molar-refractivity contribution in [3.05, 3.63) is 35.4 Å². The van der Waals surface area contributed by atoms with E-state index in [0.717, 1.165) is 0 Å². The number of benzene rings is 1. The van der Waals surface area contributed by atoms with Crippen LogP contribution in [0.1, 0.15) is 20.7 Å². The van der Waals surface area contributed by atoms with Crippen LogP contribution in [-0.4, -0.2) is 25.7 Å². The van der Waals surface area contributed by atoms with E-state index in [1.54, 1.807) is 0 Å². The monoisotopic (exact) mass is 230 g/mol. The van der Waals surface area contributed by atoms with Gasteiger partial charge in [-0.2, -0.15) is 0 Å². The van der Waals surface area contributed by atoms with Crippen molar-refractivity contribution in [1.29, 1.82) is 0 Å². The third kappa shape index (κ3) is 2.75. The van der Waals surface area contributed by atoms with E-state index in [2.05, 4.69) is 9.47 Å². The highest BCUT2D eigenvalue weighted by Crippen LogP contribution is 2.12. The SMILES string of the molecule is O=C(OCF)c1ccccc1C(=O)OCF. The molecule has 0 unspecified atom stereocenters. The van der Waals surface area contributed by atoms with E-state index in [1.807, 2.05) is 0 Å². The Labute approximate surface area is 89.8 Å². The zero-order valence-corrected chi connectivity index (χ0v) is 8.11. The fourth-order valence-electron chi connectivity index (χ4n) is 1.09. The van der Waals surface area contributed by atoms with Crippen LogP contribution in [0.4, 0.5) is 8.78 Å². The molecule has 0 saturated carbocycles. The first-order valence-electron chi connectivity index (χ1n) is 4.26. The van der Waals surface area contributed by atoms with E-state index < -0.39 is 25.7 Å². The summed E-state index contributed by atoms with van der Waals surface area (Å²) in [6.45, 7) is -2.60. The Morgan fingerprint density at radius 2 is 1.31 bits per heavy atom. The van der Waals surface area contributed by atoms with Crippen LogP contribution in [0.2, 0.25) is 0 Å². The molecule has 1 aromatic rings. The number of halogens is 2. The second kappa shape index (κ2) is 5.79. The van der Waals surface area contributed by atoms with Gasteiger partial charge in [-0.15, -0.1) is 0 Å². The number of alkyl halides is 2. The van der Waals surface area contributed by atoms with Crippen molar-refractivity contribution in [2.75, 3.05) is 13.7 Å². The first kappa shape index (κ1) is 12.1. The maximum atomic E-state index is 11.8. The molecular weight excluding hydrogens is 222 g/mol. The zero-order chi connectivity index (χ0) is 12.0. The molecule has 6 heteroatoms. The Morgan fingerprint density at radius 3 is 1.62 bits per heavy atom. The fourth-order valence-corrected chi connectivity index (χ4v) is 1.09. The first-order valence-corrected chi connectivity index (χ1v) is 4.26. The van der Waals surface area contributed by atoms with Crippen molar-refractivity contribution in [1.82, 2.24) is 0 Å². The van der Waals surface area contributed by atoms with Gasteiger partial charge in [-0.1, -0.05) is 12.1 Å². The Bertz CT molecular complexity index is 355. The van der Waals surface area contributed by atoms with Crippen LogP contribution in [0.5, 0.6) is 0 Å². The molecule has 0 aliphatic rings. The van der Waals surface area contributed by atoms with Gasteiger partial charge in [0.1, 0.15) is 0 Å². The van der Waals surface area contributed by atoms with Crippen LogP contribution in [0, 0.1) is 0 Å². The molecule has 0 N–H and O–H groups in total. The number of hydrogen-bond donors (Lipinski definition) is 0. The Hall–Kier alpha value is -1.98. The summed E-state index contributed by atoms with van der Waals surface area (Å²) in [5.41, 5.74) is -0.336. The van der Waals surface area contributed by atoms with Crippen LogP contribution < -0.4 is 0 Å². The number of rotatable bonds is 4. The molecule has 0 heterocycles. The van der Waals surface area contributed by atoms with Crippen LogP contribution in [0.25, 0.3) is 0 Å². The zero-order valence-electron chi connectivity index (χ0n) is 8.11. The summed E-state index contributed by atoms with van der Waals surface area (Å²) in [6, 6.07) is 5.43. The summed E-state index contributed by atoms with van der Waals surface area (Å²) in [6.07, 6.45) is 0. The lowest BCUT2D eigenvalue weighted by atomic mass is 10.1. The molecule has 0 aliphatic heterocycles. The Balaban J connectivity index is 3.00. The molecular formula is C10H8F2O4. The van der Waals surface area contributed by atoms with Crippen molar-refractivity contribution in [3.63, 3.8) is 0 Å². The average Bonchev–Trinajstić information content (AvgIpc) is 2.30. The maximum Gasteiger partial charge on any atom is 0.341 e. The molecule has 86 valence electrons. The van der Waals surface area contributed by atoms with Crippen LogP contribution in [0.3, 0.4) is 0 Å². The predicted octanol–water partition coefficient (Wildman–Crippen LogP) is 1.85. The fraction of sp³-hybridized carbons (Fsp3) is 0.200. The van der Waals surface area contributed by atoms with Gasteiger partial charge in [-0.25, -0.2) is 18.4 Å². The van der Waals surface area contributed by atoms with E-state index in [0.29, 0.717) is 0 Å². The number of hydrogen-bond acceptors (Lipinski definition) is 4. The van der Waals surface area contributed by atoms with Gasteiger partial charge in [0.05, 0.1) is 11.1 Å². The first-order chi connectivity index (χ1) is 7.70. The number of carbonyl (C=O) groups excluding carboxylic acids is 2. The molecule has 16 heavy (non-hydrogen) atoms. The standard InChI is InChI=1S/C10H8F2O4/c11-5-15-9(13)7-3-1-2-4-8(7)10(14)16-6-12/h1-4H,5-6H2. The topological polar surface area (TPSA) is 52.6 Å². The van der Waals surface area contributed by atoms with Gasteiger partial charge in [-0.3, -0.25) is 0 Å². The van der Waals surface area contributed by atoms with Gasteiger partial charge in [0.15, 0.2) is 0 Å². The minimum Gasteiger partial charge on any atom is -0.430 e. The van der Waals surface area contributed by atoms with Crippen LogP contribution in [-0.2, 0) is 9.47 Å². The molecule has 0 radical (unpaired) electrons. The van der Waals surface area contributed by atoms with Gasteiger partial charge in [0.25, 0.3) is 0 Å². The number of ether oxygens (including phenoxy) is 2. The predicted molar refractivity (Wildman–Crippen MR) is 49.2 cm³/mol. The lowest BCUT2D eigenvalue weighted by Gasteiger charge is -2.06. The molecule has 0 aliphatic carbocycles. The Morgan fingerprint density at radius 1 is 0.938 bits per heavy atom. The maximum absolute atomic E-state index is 11.8. The van der Waals surface area contributed by atoms with Crippen molar-refractivity contribution >= 4 is 11.9 Å². The van der Waals surface area contributed by atoms with Gasteiger partial charge >= 0.3 is 11.9 Å². The van der Waals surface area contributed by atoms with Gasteiger partial charge in [0.2, 0.25) is 13.7 Å². The summed E-state index contributed by atoms with van der Waals surface area (Å²) in [4.78, 5) is 22.4. The third-order valence-electron chi connectivity index (χ3n) is 1.74. The normalized spacial score (nSPS) is 9.62. The number of carbonyl (C=O) groups is 2. The van der Waals surface area contributed by atoms with Crippen molar-refractivity contribution in [2.45, 2.75) is 0 Å². The van der Waals surface area contributed by atoms with Crippen molar-refractivity contribution in [2.24, 2.45) is 0 Å². The average molecular weight is 230 g/mol. The van der Waals surface area contributed by atoms with Crippen molar-refractivity contribution in [3.8, 4) is 0 Å². The number of esters is 2. The quantitative estimate of drug-likeness (QED) is 0.741. The lowest BCUT2D eigenvalue weighted by Crippen LogP contribution is -2.13. The highest BCUT2D eigenvalue weighted by molar-refractivity contribution is 6.03. The summed E-state index contributed by atoms with van der Waals surface area (Å²) in [7, 11) is 0. The molecule has 0 aromatic heterocycles. The molecule has 4 nitrogen and oxygen atoms in total. The highest BCUT2D eigenvalue weighted by Gasteiger charge is 2.18. The molecule has 0 saturated heterocycles. The van der Waals surface area contributed by atoms with Crippen molar-refractivity contribution < 1.29 is 27.8 Å². The summed E-state index contributed by atoms with van der Waals surface area (Å²) in [5.74, 6) is -2.01. The summed E-state index contributed by atoms with van der Waals surface area (Å²) >= 11 is 0. The largest absolute Gasteiger partial charge is 0.430 e. The third-order valence-corrected chi connectivity index (χ3v) is 1.74. The van der Waals surface area contributed by atoms with E-state index in [1.165, 1.54) is 24.3 Å². The smallest absolute Gasteiger partial charge is 0.341 e. The molecule has 1 aromatic carbocycles. The van der Waals surface area contributed by atoms with Gasteiger partial charge in [0, 0.05) is 0 Å². The molecule has 0 bridgehead atoms. The minimum absolute atomic E-state index is 0.168. The highest BCUT2D eigenvalue weighted by atomic mass is 19.1. The van der Waals surface area contributed by atoms with Crippen LogP contribution >= 0.6 is 0 Å². The van der Waals surface area contributed by atoms with Crippen LogP contribution in [0.15, 0.2) is 24.3 Å². The summed E-state index contributed by atoms with van der Waals surface area (Å²) in [5, 5.41) is 0. The van der Waals surface area contributed by atoms with E-state index in [-0.39, 0.29) is 11.1 Å². The molecule has 0 atom stereocenters. The summed E-state index contributed by atoms with van der Waals surface area (Å²) < 4.78 is 31.8. The molecule has 0 spiro atoms. The Kier molecular flexibility index (Phi) is 4.38. The van der Waals surface area contributed by atoms with Gasteiger partial charge < -0.3 is 9.47 Å². The molecule has 0 fully saturated rings. The van der Waals surface area contributed by atoms with E-state index in [4.69, 9.17) is 0 Å². The molecule has 0 amide bonds.